The lowest BCUT2D eigenvalue weighted by molar-refractivity contribution is -0.119. The van der Waals surface area contributed by atoms with Gasteiger partial charge in [0.05, 0.1) is 12.7 Å². The minimum atomic E-state index is -0.647. The molecule has 2 amide bonds. The van der Waals surface area contributed by atoms with Crippen LogP contribution in [0, 0.1) is 0 Å². The maximum absolute atomic E-state index is 12.2. The van der Waals surface area contributed by atoms with Crippen molar-refractivity contribution in [1.82, 2.24) is 5.32 Å². The number of methoxy groups -OCH3 is 1. The van der Waals surface area contributed by atoms with Crippen molar-refractivity contribution >= 4 is 11.8 Å². The second-order valence-electron chi connectivity index (χ2n) is 5.13. The van der Waals surface area contributed by atoms with E-state index in [1.54, 1.807) is 42.5 Å². The molecule has 7 heteroatoms. The molecule has 0 aliphatic carbocycles. The predicted octanol–water partition coefficient (Wildman–Crippen LogP) is 1.38. The third-order valence-electron chi connectivity index (χ3n) is 3.50. The number of fused-ring (bicyclic) bond motifs is 1. The van der Waals surface area contributed by atoms with Crippen molar-refractivity contribution < 1.29 is 23.8 Å². The van der Waals surface area contributed by atoms with Gasteiger partial charge in [-0.1, -0.05) is 12.1 Å². The minimum absolute atomic E-state index is 0.213. The molecule has 3 N–H and O–H groups in total. The fourth-order valence-electron chi connectivity index (χ4n) is 2.38. The maximum Gasteiger partial charge on any atom is 0.258 e. The summed E-state index contributed by atoms with van der Waals surface area (Å²) in [6, 6.07) is 12.0. The Balaban J connectivity index is 1.85. The highest BCUT2D eigenvalue weighted by Gasteiger charge is 2.26. The molecule has 1 atom stereocenters. The second-order valence-corrected chi connectivity index (χ2v) is 5.13. The van der Waals surface area contributed by atoms with Crippen LogP contribution < -0.4 is 25.3 Å². The Morgan fingerprint density at radius 1 is 1.25 bits per heavy atom. The van der Waals surface area contributed by atoms with E-state index in [2.05, 4.69) is 5.32 Å². The Morgan fingerprint density at radius 3 is 2.79 bits per heavy atom. The van der Waals surface area contributed by atoms with Crippen LogP contribution in [0.2, 0.25) is 0 Å². The van der Waals surface area contributed by atoms with Crippen molar-refractivity contribution in [2.75, 3.05) is 13.7 Å². The van der Waals surface area contributed by atoms with E-state index in [1.165, 1.54) is 7.11 Å². The lowest BCUT2D eigenvalue weighted by Gasteiger charge is -2.27. The molecule has 0 saturated carbocycles. The molecule has 0 bridgehead atoms. The Hall–Kier alpha value is -3.22. The molecule has 1 aliphatic heterocycles. The Bertz CT molecular complexity index is 790. The summed E-state index contributed by atoms with van der Waals surface area (Å²) in [6.07, 6.45) is -0.647. The molecular formula is C17H16N2O5. The Morgan fingerprint density at radius 2 is 2.04 bits per heavy atom. The predicted molar refractivity (Wildman–Crippen MR) is 85.0 cm³/mol. The number of carbonyl (C=O) groups excluding carboxylic acids is 2. The molecule has 1 aliphatic rings. The van der Waals surface area contributed by atoms with Crippen LogP contribution in [0.3, 0.4) is 0 Å². The molecule has 0 aromatic heterocycles. The normalized spacial score (nSPS) is 15.7. The maximum atomic E-state index is 12.2. The van der Waals surface area contributed by atoms with Crippen LogP contribution in [-0.2, 0) is 4.79 Å². The molecule has 1 unspecified atom stereocenters. The largest absolute Gasteiger partial charge is 0.493 e. The van der Waals surface area contributed by atoms with Crippen LogP contribution >= 0.6 is 0 Å². The van der Waals surface area contributed by atoms with Gasteiger partial charge < -0.3 is 25.3 Å². The van der Waals surface area contributed by atoms with Crippen molar-refractivity contribution in [3.63, 3.8) is 0 Å². The Labute approximate surface area is 138 Å². The van der Waals surface area contributed by atoms with Crippen molar-refractivity contribution in [3.05, 3.63) is 53.6 Å². The summed E-state index contributed by atoms with van der Waals surface area (Å²) < 4.78 is 16.4. The molecular weight excluding hydrogens is 312 g/mol. The number of nitrogens with one attached hydrogen (secondary N) is 1. The average molecular weight is 328 g/mol. The van der Waals surface area contributed by atoms with Gasteiger partial charge >= 0.3 is 0 Å². The molecule has 2 aromatic rings. The summed E-state index contributed by atoms with van der Waals surface area (Å²) in [7, 11) is 1.48. The number of para-hydroxylation sites is 1. The van der Waals surface area contributed by atoms with E-state index in [9.17, 15) is 9.59 Å². The van der Waals surface area contributed by atoms with Gasteiger partial charge in [-0.2, -0.15) is 0 Å². The van der Waals surface area contributed by atoms with Crippen molar-refractivity contribution in [3.8, 4) is 17.2 Å². The van der Waals surface area contributed by atoms with Gasteiger partial charge in [0.25, 0.3) is 11.8 Å². The van der Waals surface area contributed by atoms with Crippen LogP contribution in [0.15, 0.2) is 42.5 Å². The van der Waals surface area contributed by atoms with Gasteiger partial charge in [0, 0.05) is 5.56 Å². The molecule has 7 nitrogen and oxygen atoms in total. The molecule has 124 valence electrons. The number of hydrogen-bond acceptors (Lipinski definition) is 5. The van der Waals surface area contributed by atoms with E-state index in [0.29, 0.717) is 28.4 Å². The number of ether oxygens (including phenoxy) is 3. The average Bonchev–Trinajstić information content (AvgIpc) is 2.59. The fourth-order valence-corrected chi connectivity index (χ4v) is 2.38. The number of primary amides is 1. The van der Waals surface area contributed by atoms with Gasteiger partial charge in [0.1, 0.15) is 5.75 Å². The van der Waals surface area contributed by atoms with Gasteiger partial charge in [0.15, 0.2) is 24.3 Å². The van der Waals surface area contributed by atoms with Gasteiger partial charge in [0.2, 0.25) is 0 Å². The van der Waals surface area contributed by atoms with Crippen LogP contribution in [-0.4, -0.2) is 25.5 Å². The molecule has 0 radical (unpaired) electrons. The van der Waals surface area contributed by atoms with Crippen LogP contribution in [0.5, 0.6) is 17.2 Å². The number of hydrogen-bond donors (Lipinski definition) is 2. The van der Waals surface area contributed by atoms with Crippen molar-refractivity contribution in [2.24, 2.45) is 5.73 Å². The van der Waals surface area contributed by atoms with Gasteiger partial charge in [-0.25, -0.2) is 0 Å². The van der Waals surface area contributed by atoms with Crippen molar-refractivity contribution in [1.29, 1.82) is 0 Å². The monoisotopic (exact) mass is 328 g/mol. The standard InChI is InChI=1S/C17H16N2O5/c1-22-14-8-10(6-7-13(14)23-9-15(18)20)17-19-16(21)11-4-2-3-5-12(11)24-17/h2-8,17H,9H2,1H3,(H2,18,20)(H,19,21). The highest BCUT2D eigenvalue weighted by molar-refractivity contribution is 5.98. The highest BCUT2D eigenvalue weighted by atomic mass is 16.5. The quantitative estimate of drug-likeness (QED) is 0.864. The SMILES string of the molecule is COc1cc(C2NC(=O)c3ccccc3O2)ccc1OCC(N)=O. The van der Waals surface area contributed by atoms with E-state index in [0.717, 1.165) is 0 Å². The fraction of sp³-hybridized carbons (Fsp3) is 0.176. The molecule has 0 spiro atoms. The van der Waals surface area contributed by atoms with Gasteiger partial charge in [-0.05, 0) is 30.3 Å². The molecule has 2 aromatic carbocycles. The first kappa shape index (κ1) is 15.7. The van der Waals surface area contributed by atoms with E-state index >= 15 is 0 Å². The molecule has 0 fully saturated rings. The topological polar surface area (TPSA) is 99.9 Å². The van der Waals surface area contributed by atoms with E-state index in [-0.39, 0.29) is 12.5 Å². The summed E-state index contributed by atoms with van der Waals surface area (Å²) in [5.41, 5.74) is 6.24. The smallest absolute Gasteiger partial charge is 0.258 e. The van der Waals surface area contributed by atoms with E-state index in [4.69, 9.17) is 19.9 Å². The summed E-state index contributed by atoms with van der Waals surface area (Å²) in [6.45, 7) is -0.250. The number of rotatable bonds is 5. The molecule has 0 saturated heterocycles. The number of carbonyl (C=O) groups is 2. The van der Waals surface area contributed by atoms with Crippen LogP contribution in [0.4, 0.5) is 0 Å². The zero-order chi connectivity index (χ0) is 17.1. The molecule has 1 heterocycles. The first-order chi connectivity index (χ1) is 11.6. The summed E-state index contributed by atoms with van der Waals surface area (Å²) in [5, 5.41) is 2.78. The van der Waals surface area contributed by atoms with Crippen molar-refractivity contribution in [2.45, 2.75) is 6.23 Å². The number of amides is 2. The van der Waals surface area contributed by atoms with Gasteiger partial charge in [-0.15, -0.1) is 0 Å². The van der Waals surface area contributed by atoms with E-state index < -0.39 is 12.1 Å². The van der Waals surface area contributed by atoms with Gasteiger partial charge in [-0.3, -0.25) is 9.59 Å². The van der Waals surface area contributed by atoms with Crippen LogP contribution in [0.25, 0.3) is 0 Å². The number of benzene rings is 2. The Kier molecular flexibility index (Phi) is 4.24. The molecule has 3 rings (SSSR count). The first-order valence-corrected chi connectivity index (χ1v) is 7.24. The zero-order valence-corrected chi connectivity index (χ0v) is 12.9. The first-order valence-electron chi connectivity index (χ1n) is 7.24. The number of nitrogens with two attached hydrogens (primary N) is 1. The third kappa shape index (κ3) is 3.10. The zero-order valence-electron chi connectivity index (χ0n) is 12.9. The lowest BCUT2D eigenvalue weighted by atomic mass is 10.1. The third-order valence-corrected chi connectivity index (χ3v) is 3.50. The summed E-state index contributed by atoms with van der Waals surface area (Å²) in [4.78, 5) is 23.0. The minimum Gasteiger partial charge on any atom is -0.493 e. The highest BCUT2D eigenvalue weighted by Crippen LogP contribution is 2.34. The van der Waals surface area contributed by atoms with E-state index in [1.807, 2.05) is 0 Å². The lowest BCUT2D eigenvalue weighted by Crippen LogP contribution is -2.36. The summed E-state index contributed by atoms with van der Waals surface area (Å²) >= 11 is 0. The molecule has 24 heavy (non-hydrogen) atoms. The summed E-state index contributed by atoms with van der Waals surface area (Å²) in [5.74, 6) is 0.503. The second kappa shape index (κ2) is 6.49. The van der Waals surface area contributed by atoms with Crippen LogP contribution in [0.1, 0.15) is 22.1 Å².